The highest BCUT2D eigenvalue weighted by atomic mass is 14.7. The molecule has 0 heterocycles. The van der Waals surface area contributed by atoms with Gasteiger partial charge in [0.25, 0.3) is 0 Å². The molecule has 2 aliphatic rings. The first-order chi connectivity index (χ1) is 6.08. The first-order valence-corrected chi connectivity index (χ1v) is 5.78. The Morgan fingerprint density at radius 1 is 1.08 bits per heavy atom. The summed E-state index contributed by atoms with van der Waals surface area (Å²) in [7, 11) is 0. The van der Waals surface area contributed by atoms with Gasteiger partial charge in [0.15, 0.2) is 0 Å². The first-order valence-electron chi connectivity index (χ1n) is 5.78. The van der Waals surface area contributed by atoms with E-state index in [0.29, 0.717) is 10.8 Å². The Hall–Kier alpha value is -0.0400. The standard InChI is InChI=1S/C12H23N/c1-11(2)5-3-10(4-6-11)12(9-13)7-8-12/h10H,3-9,13H2,1-2H3. The lowest BCUT2D eigenvalue weighted by Crippen LogP contribution is -2.31. The molecule has 0 aromatic rings. The van der Waals surface area contributed by atoms with Gasteiger partial charge in [-0.05, 0) is 61.8 Å². The zero-order valence-electron chi connectivity index (χ0n) is 9.10. The lowest BCUT2D eigenvalue weighted by Gasteiger charge is -2.38. The van der Waals surface area contributed by atoms with Crippen LogP contribution in [0.1, 0.15) is 52.4 Å². The van der Waals surface area contributed by atoms with E-state index in [4.69, 9.17) is 5.73 Å². The van der Waals surface area contributed by atoms with Crippen molar-refractivity contribution in [1.82, 2.24) is 0 Å². The summed E-state index contributed by atoms with van der Waals surface area (Å²) in [5, 5.41) is 0. The molecule has 1 heteroatoms. The summed E-state index contributed by atoms with van der Waals surface area (Å²) < 4.78 is 0. The molecule has 0 saturated heterocycles. The van der Waals surface area contributed by atoms with Crippen molar-refractivity contribution in [3.8, 4) is 0 Å². The average molecular weight is 181 g/mol. The van der Waals surface area contributed by atoms with Crippen molar-refractivity contribution in [2.24, 2.45) is 22.5 Å². The van der Waals surface area contributed by atoms with Crippen LogP contribution < -0.4 is 5.73 Å². The normalized spacial score (nSPS) is 31.6. The molecule has 2 saturated carbocycles. The van der Waals surface area contributed by atoms with Gasteiger partial charge in [0.05, 0.1) is 0 Å². The first kappa shape index (κ1) is 9.51. The molecule has 0 aromatic carbocycles. The molecule has 0 aliphatic heterocycles. The van der Waals surface area contributed by atoms with Gasteiger partial charge in [-0.1, -0.05) is 13.8 Å². The molecule has 76 valence electrons. The summed E-state index contributed by atoms with van der Waals surface area (Å²) in [5.41, 5.74) is 7.09. The number of hydrogen-bond donors (Lipinski definition) is 1. The zero-order valence-corrected chi connectivity index (χ0v) is 9.10. The lowest BCUT2D eigenvalue weighted by atomic mass is 9.68. The fraction of sp³-hybridized carbons (Fsp3) is 1.00. The predicted octanol–water partition coefficient (Wildman–Crippen LogP) is 2.94. The van der Waals surface area contributed by atoms with Crippen molar-refractivity contribution in [3.63, 3.8) is 0 Å². The Bertz CT molecular complexity index is 181. The van der Waals surface area contributed by atoms with E-state index in [0.717, 1.165) is 12.5 Å². The van der Waals surface area contributed by atoms with Gasteiger partial charge in [-0.3, -0.25) is 0 Å². The van der Waals surface area contributed by atoms with E-state index in [-0.39, 0.29) is 0 Å². The van der Waals surface area contributed by atoms with Gasteiger partial charge in [-0.2, -0.15) is 0 Å². The van der Waals surface area contributed by atoms with Crippen molar-refractivity contribution in [2.75, 3.05) is 6.54 Å². The van der Waals surface area contributed by atoms with Crippen molar-refractivity contribution in [1.29, 1.82) is 0 Å². The van der Waals surface area contributed by atoms with Crippen LogP contribution in [0.4, 0.5) is 0 Å². The molecule has 2 aliphatic carbocycles. The highest BCUT2D eigenvalue weighted by molar-refractivity contribution is 5.01. The zero-order chi connectivity index (χ0) is 9.53. The molecule has 0 amide bonds. The number of rotatable bonds is 2. The van der Waals surface area contributed by atoms with Gasteiger partial charge in [0.2, 0.25) is 0 Å². The molecular formula is C12H23N. The van der Waals surface area contributed by atoms with E-state index in [1.807, 2.05) is 0 Å². The Kier molecular flexibility index (Phi) is 2.18. The van der Waals surface area contributed by atoms with Gasteiger partial charge in [0, 0.05) is 0 Å². The predicted molar refractivity (Wildman–Crippen MR) is 56.5 cm³/mol. The highest BCUT2D eigenvalue weighted by Gasteiger charge is 2.49. The Balaban J connectivity index is 1.91. The van der Waals surface area contributed by atoms with Crippen molar-refractivity contribution in [3.05, 3.63) is 0 Å². The Morgan fingerprint density at radius 2 is 1.62 bits per heavy atom. The second-order valence-electron chi connectivity index (χ2n) is 6.00. The van der Waals surface area contributed by atoms with Crippen LogP contribution in [0, 0.1) is 16.7 Å². The summed E-state index contributed by atoms with van der Waals surface area (Å²) >= 11 is 0. The fourth-order valence-electron chi connectivity index (χ4n) is 2.95. The van der Waals surface area contributed by atoms with Crippen LogP contribution in [-0.2, 0) is 0 Å². The molecule has 2 fully saturated rings. The lowest BCUT2D eigenvalue weighted by molar-refractivity contribution is 0.140. The van der Waals surface area contributed by atoms with Gasteiger partial charge in [-0.25, -0.2) is 0 Å². The topological polar surface area (TPSA) is 26.0 Å². The summed E-state index contributed by atoms with van der Waals surface area (Å²) in [5.74, 6) is 0.963. The van der Waals surface area contributed by atoms with Crippen LogP contribution in [0.15, 0.2) is 0 Å². The largest absolute Gasteiger partial charge is 0.330 e. The Morgan fingerprint density at radius 3 is 2.00 bits per heavy atom. The van der Waals surface area contributed by atoms with E-state index in [2.05, 4.69) is 13.8 Å². The fourth-order valence-corrected chi connectivity index (χ4v) is 2.95. The second-order valence-corrected chi connectivity index (χ2v) is 6.00. The highest BCUT2D eigenvalue weighted by Crippen LogP contribution is 2.57. The van der Waals surface area contributed by atoms with Crippen LogP contribution in [-0.4, -0.2) is 6.54 Å². The molecule has 0 aromatic heterocycles. The van der Waals surface area contributed by atoms with Crippen LogP contribution in [0.2, 0.25) is 0 Å². The molecule has 0 radical (unpaired) electrons. The molecule has 0 bridgehead atoms. The molecule has 0 atom stereocenters. The number of nitrogens with two attached hydrogens (primary N) is 1. The summed E-state index contributed by atoms with van der Waals surface area (Å²) in [6, 6.07) is 0. The minimum absolute atomic E-state index is 0.608. The SMILES string of the molecule is CC1(C)CCC(C2(CN)CC2)CC1. The van der Waals surface area contributed by atoms with Crippen LogP contribution in [0.5, 0.6) is 0 Å². The minimum Gasteiger partial charge on any atom is -0.330 e. The smallest absolute Gasteiger partial charge is 0.00179 e. The van der Waals surface area contributed by atoms with Crippen molar-refractivity contribution in [2.45, 2.75) is 52.4 Å². The molecule has 0 unspecified atom stereocenters. The second kappa shape index (κ2) is 2.98. The maximum absolute atomic E-state index is 5.87. The third-order valence-corrected chi connectivity index (χ3v) is 4.50. The third-order valence-electron chi connectivity index (χ3n) is 4.50. The maximum atomic E-state index is 5.87. The van der Waals surface area contributed by atoms with Gasteiger partial charge >= 0.3 is 0 Å². The molecule has 2 rings (SSSR count). The number of hydrogen-bond acceptors (Lipinski definition) is 1. The maximum Gasteiger partial charge on any atom is -0.00179 e. The van der Waals surface area contributed by atoms with Crippen molar-refractivity contribution < 1.29 is 0 Å². The molecule has 13 heavy (non-hydrogen) atoms. The van der Waals surface area contributed by atoms with Crippen LogP contribution >= 0.6 is 0 Å². The van der Waals surface area contributed by atoms with E-state index in [1.54, 1.807) is 0 Å². The molecule has 2 N–H and O–H groups in total. The minimum atomic E-state index is 0.608. The monoisotopic (exact) mass is 181 g/mol. The molecule has 1 nitrogen and oxygen atoms in total. The van der Waals surface area contributed by atoms with E-state index >= 15 is 0 Å². The van der Waals surface area contributed by atoms with E-state index in [1.165, 1.54) is 38.5 Å². The quantitative estimate of drug-likeness (QED) is 0.696. The summed E-state index contributed by atoms with van der Waals surface area (Å²) in [6.07, 6.45) is 8.52. The molecule has 0 spiro atoms. The van der Waals surface area contributed by atoms with E-state index in [9.17, 15) is 0 Å². The van der Waals surface area contributed by atoms with Crippen molar-refractivity contribution >= 4 is 0 Å². The summed E-state index contributed by atoms with van der Waals surface area (Å²) in [6.45, 7) is 5.76. The van der Waals surface area contributed by atoms with Gasteiger partial charge < -0.3 is 5.73 Å². The Labute approximate surface area is 82.1 Å². The van der Waals surface area contributed by atoms with E-state index < -0.39 is 0 Å². The van der Waals surface area contributed by atoms with Gasteiger partial charge in [-0.15, -0.1) is 0 Å². The summed E-state index contributed by atoms with van der Waals surface area (Å²) in [4.78, 5) is 0. The third kappa shape index (κ3) is 1.76. The van der Waals surface area contributed by atoms with Crippen LogP contribution in [0.25, 0.3) is 0 Å². The van der Waals surface area contributed by atoms with Gasteiger partial charge in [0.1, 0.15) is 0 Å². The molecular weight excluding hydrogens is 158 g/mol. The van der Waals surface area contributed by atoms with Crippen LogP contribution in [0.3, 0.4) is 0 Å². The average Bonchev–Trinajstić information content (AvgIpc) is 2.85.